The highest BCUT2D eigenvalue weighted by molar-refractivity contribution is 6.04. The number of nitrogen functional groups attached to an aromatic ring is 1. The molecule has 8 nitrogen and oxygen atoms in total. The number of hydrogen-bond acceptors (Lipinski definition) is 7. The van der Waals surface area contributed by atoms with E-state index in [1.165, 1.54) is 18.2 Å². The van der Waals surface area contributed by atoms with Gasteiger partial charge in [-0.05, 0) is 30.3 Å². The SMILES string of the molecule is N#Cc1c(-c2ccc(O)cc2F)nc2n[nH]c(N)c2c1-c1ccc(N2CCNCC2)cc1F. The van der Waals surface area contributed by atoms with Gasteiger partial charge in [0.05, 0.1) is 16.6 Å². The number of benzene rings is 2. The molecule has 1 aliphatic rings. The van der Waals surface area contributed by atoms with Crippen LogP contribution in [-0.4, -0.2) is 46.5 Å². The first-order valence-corrected chi connectivity index (χ1v) is 10.3. The van der Waals surface area contributed by atoms with Gasteiger partial charge in [-0.2, -0.15) is 10.4 Å². The number of phenolic OH excluding ortho intramolecular Hbond substituents is 1. The smallest absolute Gasteiger partial charge is 0.184 e. The predicted molar refractivity (Wildman–Crippen MR) is 121 cm³/mol. The molecule has 2 aromatic heterocycles. The summed E-state index contributed by atoms with van der Waals surface area (Å²) in [7, 11) is 0. The highest BCUT2D eigenvalue weighted by Gasteiger charge is 2.25. The van der Waals surface area contributed by atoms with Crippen LogP contribution in [0.3, 0.4) is 0 Å². The minimum atomic E-state index is -0.776. The van der Waals surface area contributed by atoms with Gasteiger partial charge in [0.1, 0.15) is 29.3 Å². The van der Waals surface area contributed by atoms with Crippen molar-refractivity contribution in [1.82, 2.24) is 20.5 Å². The number of aromatic hydroxyl groups is 1. The molecule has 0 radical (unpaired) electrons. The Kier molecular flexibility index (Phi) is 5.03. The number of piperazine rings is 1. The number of nitriles is 1. The second-order valence-electron chi connectivity index (χ2n) is 7.72. The van der Waals surface area contributed by atoms with Crippen molar-refractivity contribution in [1.29, 1.82) is 5.26 Å². The summed E-state index contributed by atoms with van der Waals surface area (Å²) in [4.78, 5) is 6.40. The fourth-order valence-corrected chi connectivity index (χ4v) is 4.17. The molecule has 33 heavy (non-hydrogen) atoms. The Balaban J connectivity index is 1.76. The first-order chi connectivity index (χ1) is 16.0. The lowest BCUT2D eigenvalue weighted by Crippen LogP contribution is -2.43. The zero-order valence-corrected chi connectivity index (χ0v) is 17.4. The fourth-order valence-electron chi connectivity index (χ4n) is 4.17. The van der Waals surface area contributed by atoms with Gasteiger partial charge in [-0.15, -0.1) is 0 Å². The van der Waals surface area contributed by atoms with Crippen molar-refractivity contribution < 1.29 is 13.9 Å². The van der Waals surface area contributed by atoms with Gasteiger partial charge < -0.3 is 21.1 Å². The van der Waals surface area contributed by atoms with E-state index < -0.39 is 11.6 Å². The molecule has 1 aliphatic heterocycles. The zero-order chi connectivity index (χ0) is 23.1. The highest BCUT2D eigenvalue weighted by Crippen LogP contribution is 2.40. The van der Waals surface area contributed by atoms with Crippen LogP contribution >= 0.6 is 0 Å². The van der Waals surface area contributed by atoms with Crippen molar-refractivity contribution in [2.24, 2.45) is 0 Å². The third-order valence-electron chi connectivity index (χ3n) is 5.75. The number of H-pyrrole nitrogens is 1. The van der Waals surface area contributed by atoms with Gasteiger partial charge in [0, 0.05) is 54.6 Å². The Morgan fingerprint density at radius 2 is 1.79 bits per heavy atom. The highest BCUT2D eigenvalue weighted by atomic mass is 19.1. The summed E-state index contributed by atoms with van der Waals surface area (Å²) in [6.45, 7) is 3.11. The summed E-state index contributed by atoms with van der Waals surface area (Å²) in [5.41, 5.74) is 7.13. The van der Waals surface area contributed by atoms with Crippen molar-refractivity contribution >= 4 is 22.5 Å². The summed E-state index contributed by atoms with van der Waals surface area (Å²) < 4.78 is 30.2. The Bertz CT molecular complexity index is 1420. The van der Waals surface area contributed by atoms with Crippen molar-refractivity contribution in [3.05, 3.63) is 53.6 Å². The monoisotopic (exact) mass is 447 g/mol. The molecule has 0 atom stereocenters. The number of nitrogens with one attached hydrogen (secondary N) is 2. The van der Waals surface area contributed by atoms with E-state index in [4.69, 9.17) is 5.73 Å². The van der Waals surface area contributed by atoms with Crippen LogP contribution in [0.15, 0.2) is 36.4 Å². The molecule has 0 bridgehead atoms. The molecule has 1 fully saturated rings. The van der Waals surface area contributed by atoms with E-state index in [1.807, 2.05) is 6.07 Å². The maximum atomic E-state index is 15.5. The minimum Gasteiger partial charge on any atom is -0.508 e. The number of nitrogens with two attached hydrogens (primary N) is 1. The summed E-state index contributed by atoms with van der Waals surface area (Å²) >= 11 is 0. The van der Waals surface area contributed by atoms with Gasteiger partial charge in [-0.1, -0.05) is 0 Å². The van der Waals surface area contributed by atoms with Crippen LogP contribution in [0.2, 0.25) is 0 Å². The van der Waals surface area contributed by atoms with Crippen LogP contribution in [0.4, 0.5) is 20.3 Å². The lowest BCUT2D eigenvalue weighted by atomic mass is 9.93. The number of halogens is 2. The van der Waals surface area contributed by atoms with Crippen LogP contribution < -0.4 is 16.0 Å². The summed E-state index contributed by atoms with van der Waals surface area (Å²) in [6, 6.07) is 10.4. The van der Waals surface area contributed by atoms with E-state index in [2.05, 4.69) is 25.4 Å². The maximum absolute atomic E-state index is 15.5. The third kappa shape index (κ3) is 3.48. The molecule has 3 heterocycles. The van der Waals surface area contributed by atoms with E-state index in [-0.39, 0.29) is 50.5 Å². The number of nitrogens with zero attached hydrogens (tertiary/aromatic N) is 4. The number of pyridine rings is 1. The fraction of sp³-hybridized carbons (Fsp3) is 0.174. The van der Waals surface area contributed by atoms with Gasteiger partial charge in [0.25, 0.3) is 0 Å². The molecule has 4 aromatic rings. The molecule has 0 amide bonds. The number of hydrogen-bond donors (Lipinski definition) is 4. The van der Waals surface area contributed by atoms with Crippen LogP contribution in [0.5, 0.6) is 5.75 Å². The molecular weight excluding hydrogens is 428 g/mol. The normalized spacial score (nSPS) is 13.9. The maximum Gasteiger partial charge on any atom is 0.184 e. The summed E-state index contributed by atoms with van der Waals surface area (Å²) in [5, 5.41) is 29.8. The van der Waals surface area contributed by atoms with Gasteiger partial charge in [0.2, 0.25) is 0 Å². The molecule has 2 aromatic carbocycles. The molecule has 0 unspecified atom stereocenters. The molecule has 5 rings (SSSR count). The standard InChI is InChI=1S/C23H19F2N7O/c24-17-9-12(32-7-5-28-6-8-32)1-3-14(17)19-16(11-26)21(15-4-2-13(33)10-18(15)25)29-23-20(19)22(27)30-31-23/h1-4,9-10,28,33H,5-8H2,(H3,27,29,30,31). The van der Waals surface area contributed by atoms with E-state index in [0.29, 0.717) is 0 Å². The first kappa shape index (κ1) is 20.7. The Morgan fingerprint density at radius 1 is 1.06 bits per heavy atom. The average molecular weight is 447 g/mol. The van der Waals surface area contributed by atoms with Crippen LogP contribution in [-0.2, 0) is 0 Å². The van der Waals surface area contributed by atoms with Crippen LogP contribution in [0.25, 0.3) is 33.4 Å². The van der Waals surface area contributed by atoms with E-state index in [1.54, 1.807) is 12.1 Å². The summed E-state index contributed by atoms with van der Waals surface area (Å²) in [5.74, 6) is -1.47. The second kappa shape index (κ2) is 8.03. The van der Waals surface area contributed by atoms with Crippen molar-refractivity contribution in [3.8, 4) is 34.2 Å². The van der Waals surface area contributed by atoms with Gasteiger partial charge in [0.15, 0.2) is 5.65 Å². The van der Waals surface area contributed by atoms with E-state index >= 15 is 4.39 Å². The van der Waals surface area contributed by atoms with Gasteiger partial charge >= 0.3 is 0 Å². The molecule has 166 valence electrons. The summed E-state index contributed by atoms with van der Waals surface area (Å²) in [6.07, 6.45) is 0. The van der Waals surface area contributed by atoms with Gasteiger partial charge in [-0.3, -0.25) is 5.10 Å². The number of fused-ring (bicyclic) bond motifs is 1. The van der Waals surface area contributed by atoms with Crippen molar-refractivity contribution in [2.45, 2.75) is 0 Å². The number of rotatable bonds is 3. The molecule has 5 N–H and O–H groups in total. The predicted octanol–water partition coefficient (Wildman–Crippen LogP) is 3.14. The molecule has 0 aliphatic carbocycles. The first-order valence-electron chi connectivity index (χ1n) is 10.3. The Morgan fingerprint density at radius 3 is 2.48 bits per heavy atom. The van der Waals surface area contributed by atoms with Crippen molar-refractivity contribution in [2.75, 3.05) is 36.8 Å². The Hall–Kier alpha value is -4.23. The van der Waals surface area contributed by atoms with E-state index in [9.17, 15) is 14.8 Å². The van der Waals surface area contributed by atoms with E-state index in [0.717, 1.165) is 37.9 Å². The molecule has 1 saturated heterocycles. The van der Waals surface area contributed by atoms with Crippen LogP contribution in [0.1, 0.15) is 5.56 Å². The Labute approximate surface area is 187 Å². The number of phenols is 1. The topological polar surface area (TPSA) is 127 Å². The average Bonchev–Trinajstić information content (AvgIpc) is 3.19. The van der Waals surface area contributed by atoms with Crippen LogP contribution in [0, 0.1) is 23.0 Å². The molecule has 0 spiro atoms. The number of aromatic nitrogens is 3. The van der Waals surface area contributed by atoms with Crippen molar-refractivity contribution in [3.63, 3.8) is 0 Å². The molecular formula is C23H19F2N7O. The number of anilines is 2. The molecule has 10 heteroatoms. The largest absolute Gasteiger partial charge is 0.508 e. The lowest BCUT2D eigenvalue weighted by molar-refractivity contribution is 0.469. The number of aromatic amines is 1. The van der Waals surface area contributed by atoms with Gasteiger partial charge in [-0.25, -0.2) is 13.8 Å². The zero-order valence-electron chi connectivity index (χ0n) is 17.4. The molecule has 0 saturated carbocycles. The minimum absolute atomic E-state index is 0.0189. The lowest BCUT2D eigenvalue weighted by Gasteiger charge is -2.29. The third-order valence-corrected chi connectivity index (χ3v) is 5.75. The second-order valence-corrected chi connectivity index (χ2v) is 7.72. The quantitative estimate of drug-likeness (QED) is 0.380.